The first-order valence-corrected chi connectivity index (χ1v) is 9.84. The lowest BCUT2D eigenvalue weighted by Crippen LogP contribution is -2.71. The van der Waals surface area contributed by atoms with E-state index >= 15 is 0 Å². The average molecular weight is 456 g/mol. The molecule has 0 aromatic heterocycles. The fourth-order valence-corrected chi connectivity index (χ4v) is 5.34. The van der Waals surface area contributed by atoms with Crippen LogP contribution in [0.25, 0.3) is 0 Å². The molecule has 0 bridgehead atoms. The van der Waals surface area contributed by atoms with Crippen molar-refractivity contribution in [3.05, 3.63) is 54.3 Å². The van der Waals surface area contributed by atoms with E-state index in [2.05, 4.69) is 4.74 Å². The number of hydrogen-bond donors (Lipinski definition) is 4. The second kappa shape index (κ2) is 6.04. The first-order valence-electron chi connectivity index (χ1n) is 9.84. The van der Waals surface area contributed by atoms with E-state index in [1.54, 1.807) is 6.92 Å². The van der Waals surface area contributed by atoms with Crippen molar-refractivity contribution >= 4 is 11.4 Å². The number of rotatable bonds is 3. The van der Waals surface area contributed by atoms with Crippen LogP contribution in [0.4, 0.5) is 28.9 Å². The Labute approximate surface area is 179 Å². The minimum absolute atomic E-state index is 0.0830. The summed E-state index contributed by atoms with van der Waals surface area (Å²) in [6, 6.07) is 5.64. The molecule has 2 aromatic rings. The third-order valence-corrected chi connectivity index (χ3v) is 7.11. The summed E-state index contributed by atoms with van der Waals surface area (Å²) in [5.41, 5.74) is -2.28. The van der Waals surface area contributed by atoms with Crippen molar-refractivity contribution in [1.29, 1.82) is 0 Å². The van der Waals surface area contributed by atoms with Crippen LogP contribution in [0.1, 0.15) is 19.8 Å². The van der Waals surface area contributed by atoms with Crippen LogP contribution in [0.2, 0.25) is 0 Å². The fraction of sp³-hybridized carbons (Fsp3) is 0.429. The zero-order valence-electron chi connectivity index (χ0n) is 16.7. The molecule has 3 aliphatic rings. The van der Waals surface area contributed by atoms with Gasteiger partial charge in [0, 0.05) is 17.1 Å². The molecule has 5 rings (SSSR count). The Morgan fingerprint density at radius 3 is 2.22 bits per heavy atom. The SMILES string of the molecule is CC12CC13CC3N(c1ccc(OC(F)(F)F)cc1)C(O)(O)N(c1ccccc1F)C2(O)O. The van der Waals surface area contributed by atoms with Gasteiger partial charge in [0.2, 0.25) is 0 Å². The van der Waals surface area contributed by atoms with Crippen LogP contribution in [0.15, 0.2) is 48.5 Å². The highest BCUT2D eigenvalue weighted by molar-refractivity contribution is 5.63. The minimum Gasteiger partial charge on any atom is -0.406 e. The number of aliphatic hydroxyl groups is 4. The van der Waals surface area contributed by atoms with E-state index in [-0.39, 0.29) is 5.69 Å². The molecular weight excluding hydrogens is 436 g/mol. The van der Waals surface area contributed by atoms with Crippen LogP contribution in [-0.4, -0.2) is 44.8 Å². The Bertz CT molecular complexity index is 1080. The maximum Gasteiger partial charge on any atom is 0.573 e. The van der Waals surface area contributed by atoms with Crippen molar-refractivity contribution < 1.29 is 42.7 Å². The molecule has 172 valence electrons. The molecule has 11 heteroatoms. The Kier molecular flexibility index (Phi) is 4.01. The number of ether oxygens (including phenoxy) is 1. The zero-order valence-corrected chi connectivity index (χ0v) is 16.7. The van der Waals surface area contributed by atoms with Gasteiger partial charge in [0.15, 0.2) is 0 Å². The quantitative estimate of drug-likeness (QED) is 0.416. The van der Waals surface area contributed by atoms with E-state index in [1.165, 1.54) is 30.3 Å². The highest BCUT2D eigenvalue weighted by Crippen LogP contribution is 2.84. The Balaban J connectivity index is 1.62. The van der Waals surface area contributed by atoms with Crippen molar-refractivity contribution in [2.75, 3.05) is 9.80 Å². The summed E-state index contributed by atoms with van der Waals surface area (Å²) in [6.07, 6.45) is -4.18. The molecule has 2 saturated carbocycles. The van der Waals surface area contributed by atoms with Crippen molar-refractivity contribution in [2.24, 2.45) is 10.8 Å². The molecule has 3 atom stereocenters. The summed E-state index contributed by atoms with van der Waals surface area (Å²) in [4.78, 5) is 1.46. The maximum absolute atomic E-state index is 14.7. The summed E-state index contributed by atoms with van der Waals surface area (Å²) in [7, 11) is 0. The smallest absolute Gasteiger partial charge is 0.406 e. The van der Waals surface area contributed by atoms with Gasteiger partial charge >= 0.3 is 12.4 Å². The van der Waals surface area contributed by atoms with Crippen LogP contribution in [-0.2, 0) is 0 Å². The van der Waals surface area contributed by atoms with Gasteiger partial charge in [-0.3, -0.25) is 4.90 Å². The molecule has 3 fully saturated rings. The molecule has 2 aromatic carbocycles. The molecule has 0 radical (unpaired) electrons. The lowest BCUT2D eigenvalue weighted by molar-refractivity contribution is -0.275. The highest BCUT2D eigenvalue weighted by atomic mass is 19.4. The van der Waals surface area contributed by atoms with E-state index in [1.807, 2.05) is 0 Å². The van der Waals surface area contributed by atoms with Gasteiger partial charge in [0.25, 0.3) is 5.91 Å². The van der Waals surface area contributed by atoms with E-state index in [0.29, 0.717) is 17.7 Å². The monoisotopic (exact) mass is 456 g/mol. The third-order valence-electron chi connectivity index (χ3n) is 7.11. The first-order chi connectivity index (χ1) is 14.7. The van der Waals surface area contributed by atoms with Gasteiger partial charge in [0.1, 0.15) is 11.6 Å². The molecule has 3 unspecified atom stereocenters. The summed E-state index contributed by atoms with van der Waals surface area (Å²) >= 11 is 0. The van der Waals surface area contributed by atoms with Crippen molar-refractivity contribution in [3.63, 3.8) is 0 Å². The number of anilines is 2. The van der Waals surface area contributed by atoms with Crippen LogP contribution in [0, 0.1) is 16.6 Å². The molecule has 2 aliphatic carbocycles. The summed E-state index contributed by atoms with van der Waals surface area (Å²) in [5, 5.41) is 44.8. The van der Waals surface area contributed by atoms with Crippen molar-refractivity contribution in [2.45, 2.75) is 44.1 Å². The van der Waals surface area contributed by atoms with Crippen LogP contribution in [0.5, 0.6) is 5.75 Å². The minimum atomic E-state index is -4.90. The summed E-state index contributed by atoms with van der Waals surface area (Å²) in [6.45, 7) is 1.57. The van der Waals surface area contributed by atoms with Crippen LogP contribution < -0.4 is 14.5 Å². The van der Waals surface area contributed by atoms with Gasteiger partial charge in [-0.05, 0) is 49.2 Å². The Morgan fingerprint density at radius 1 is 1.00 bits per heavy atom. The molecule has 4 N–H and O–H groups in total. The Hall–Kier alpha value is -2.60. The molecule has 32 heavy (non-hydrogen) atoms. The molecule has 7 nitrogen and oxygen atoms in total. The van der Waals surface area contributed by atoms with Crippen molar-refractivity contribution in [3.8, 4) is 5.75 Å². The fourth-order valence-electron chi connectivity index (χ4n) is 5.34. The van der Waals surface area contributed by atoms with Gasteiger partial charge in [-0.2, -0.15) is 0 Å². The molecule has 1 heterocycles. The second-order valence-electron chi connectivity index (χ2n) is 8.82. The predicted octanol–water partition coefficient (Wildman–Crippen LogP) is 2.45. The van der Waals surface area contributed by atoms with Gasteiger partial charge in [0.05, 0.1) is 11.1 Å². The number of benzene rings is 2. The number of para-hydroxylation sites is 1. The average Bonchev–Trinajstić information content (AvgIpc) is 3.53. The van der Waals surface area contributed by atoms with Gasteiger partial charge in [-0.1, -0.05) is 19.1 Å². The lowest BCUT2D eigenvalue weighted by Gasteiger charge is -2.50. The van der Waals surface area contributed by atoms with Crippen LogP contribution in [0.3, 0.4) is 0 Å². The standard InChI is InChI=1S/C21H20F4N2O5/c1-17-11-18(17)10-16(18)26(12-6-8-13(9-7-12)32-20(23,24)25)21(30,31)27(19(17,28)29)15-5-3-2-4-14(15)22/h2-9,16,28-31H,10-11H2,1H3. The van der Waals surface area contributed by atoms with Crippen LogP contribution >= 0.6 is 0 Å². The second-order valence-corrected chi connectivity index (χ2v) is 8.82. The number of hydrogen-bond acceptors (Lipinski definition) is 7. The Morgan fingerprint density at radius 2 is 1.62 bits per heavy atom. The van der Waals surface area contributed by atoms with Gasteiger partial charge in [-0.25, -0.2) is 9.29 Å². The normalized spacial score (nSPS) is 32.0. The zero-order chi connectivity index (χ0) is 23.3. The molecular formula is C21H20F4N2O5. The van der Waals surface area contributed by atoms with Gasteiger partial charge < -0.3 is 25.2 Å². The number of nitrogens with zero attached hydrogens (tertiary/aromatic N) is 2. The first kappa shape index (κ1) is 21.3. The molecule has 0 amide bonds. The maximum atomic E-state index is 14.7. The molecule has 1 spiro atoms. The summed E-state index contributed by atoms with van der Waals surface area (Å²) < 4.78 is 56.0. The van der Waals surface area contributed by atoms with E-state index in [4.69, 9.17) is 0 Å². The number of alkyl halides is 3. The van der Waals surface area contributed by atoms with E-state index in [9.17, 15) is 38.0 Å². The predicted molar refractivity (Wildman–Crippen MR) is 102 cm³/mol. The molecule has 1 saturated heterocycles. The largest absolute Gasteiger partial charge is 0.573 e. The molecule has 1 aliphatic heterocycles. The van der Waals surface area contributed by atoms with E-state index < -0.39 is 52.4 Å². The van der Waals surface area contributed by atoms with Crippen molar-refractivity contribution in [1.82, 2.24) is 0 Å². The topological polar surface area (TPSA) is 96.6 Å². The summed E-state index contributed by atoms with van der Waals surface area (Å²) in [5.74, 6) is -4.28. The third kappa shape index (κ3) is 2.68. The lowest BCUT2D eigenvalue weighted by atomic mass is 9.98. The number of halogens is 4. The van der Waals surface area contributed by atoms with E-state index in [0.717, 1.165) is 23.1 Å². The van der Waals surface area contributed by atoms with Gasteiger partial charge in [-0.15, -0.1) is 13.2 Å². The highest BCUT2D eigenvalue weighted by Gasteiger charge is 2.90.